The van der Waals surface area contributed by atoms with Crippen molar-refractivity contribution in [2.45, 2.75) is 0 Å². The SMILES string of the molecule is COc1c[nH]c(C(=O)N2C[C@H]3COC[C@@]3(CO)C2)cc1=O.O=CO. The van der Waals surface area contributed by atoms with Gasteiger partial charge in [0.1, 0.15) is 5.69 Å². The first-order chi connectivity index (χ1) is 11.5. The van der Waals surface area contributed by atoms with Gasteiger partial charge in [0.05, 0.1) is 26.9 Å². The van der Waals surface area contributed by atoms with Gasteiger partial charge in [-0.3, -0.25) is 14.4 Å². The van der Waals surface area contributed by atoms with E-state index in [1.54, 1.807) is 4.90 Å². The fourth-order valence-corrected chi connectivity index (χ4v) is 3.12. The first kappa shape index (κ1) is 18.0. The third-order valence-corrected chi connectivity index (χ3v) is 4.45. The smallest absolute Gasteiger partial charge is 0.290 e. The van der Waals surface area contributed by atoms with Crippen LogP contribution >= 0.6 is 0 Å². The molecule has 132 valence electrons. The van der Waals surface area contributed by atoms with E-state index in [2.05, 4.69) is 4.98 Å². The summed E-state index contributed by atoms with van der Waals surface area (Å²) in [5, 5.41) is 16.5. The third-order valence-electron chi connectivity index (χ3n) is 4.45. The molecule has 3 rings (SSSR count). The Bertz CT molecular complexity index is 659. The average molecular weight is 340 g/mol. The number of carboxylic acid groups (broad SMARTS) is 1. The molecule has 1 aromatic heterocycles. The van der Waals surface area contributed by atoms with E-state index in [1.807, 2.05) is 0 Å². The van der Waals surface area contributed by atoms with Crippen LogP contribution in [0.2, 0.25) is 0 Å². The summed E-state index contributed by atoms with van der Waals surface area (Å²) in [5.41, 5.74) is -0.462. The molecule has 9 nitrogen and oxygen atoms in total. The molecular formula is C15H20N2O7. The van der Waals surface area contributed by atoms with Crippen LogP contribution in [0.15, 0.2) is 17.1 Å². The standard InChI is InChI=1S/C14H18N2O5.CH2O2/c1-20-12-3-15-10(2-11(12)18)13(19)16-4-9-5-21-8-14(9,6-16)7-17;2-1-3/h2-3,9,17H,4-8H2,1H3,(H,15,18);1H,(H,2,3)/t9-,14-;/m0./s1. The number of amides is 1. The molecule has 0 aromatic carbocycles. The van der Waals surface area contributed by atoms with Crippen molar-refractivity contribution in [1.82, 2.24) is 9.88 Å². The summed E-state index contributed by atoms with van der Waals surface area (Å²) in [6.07, 6.45) is 1.39. The van der Waals surface area contributed by atoms with Gasteiger partial charge in [-0.2, -0.15) is 0 Å². The molecule has 0 unspecified atom stereocenters. The lowest BCUT2D eigenvalue weighted by Gasteiger charge is -2.24. The molecule has 0 bridgehead atoms. The average Bonchev–Trinajstić information content (AvgIpc) is 3.12. The number of methoxy groups -OCH3 is 1. The highest BCUT2D eigenvalue weighted by molar-refractivity contribution is 5.92. The third kappa shape index (κ3) is 3.26. The second kappa shape index (κ2) is 7.45. The van der Waals surface area contributed by atoms with Gasteiger partial charge >= 0.3 is 0 Å². The summed E-state index contributed by atoms with van der Waals surface area (Å²) in [4.78, 5) is 37.0. The van der Waals surface area contributed by atoms with E-state index >= 15 is 0 Å². The Morgan fingerprint density at radius 2 is 2.33 bits per heavy atom. The van der Waals surface area contributed by atoms with Crippen LogP contribution in [0.3, 0.4) is 0 Å². The van der Waals surface area contributed by atoms with E-state index in [9.17, 15) is 14.7 Å². The Morgan fingerprint density at radius 3 is 2.88 bits per heavy atom. The number of fused-ring (bicyclic) bond motifs is 1. The van der Waals surface area contributed by atoms with Crippen molar-refractivity contribution in [3.05, 3.63) is 28.2 Å². The zero-order chi connectivity index (χ0) is 17.7. The van der Waals surface area contributed by atoms with Crippen molar-refractivity contribution in [1.29, 1.82) is 0 Å². The predicted molar refractivity (Wildman–Crippen MR) is 82.0 cm³/mol. The van der Waals surface area contributed by atoms with Gasteiger partial charge in [-0.1, -0.05) is 0 Å². The minimum Gasteiger partial charge on any atom is -0.491 e. The van der Waals surface area contributed by atoms with E-state index in [4.69, 9.17) is 19.4 Å². The van der Waals surface area contributed by atoms with Gasteiger partial charge in [0, 0.05) is 36.7 Å². The number of likely N-dealkylation sites (tertiary alicyclic amines) is 1. The second-order valence-corrected chi connectivity index (χ2v) is 5.80. The van der Waals surface area contributed by atoms with Gasteiger partial charge in [-0.15, -0.1) is 0 Å². The molecule has 2 aliphatic rings. The maximum absolute atomic E-state index is 12.5. The minimum absolute atomic E-state index is 0.000574. The monoisotopic (exact) mass is 340 g/mol. The summed E-state index contributed by atoms with van der Waals surface area (Å²) >= 11 is 0. The van der Waals surface area contributed by atoms with Gasteiger partial charge in [-0.25, -0.2) is 0 Å². The fourth-order valence-electron chi connectivity index (χ4n) is 3.12. The molecule has 2 fully saturated rings. The number of H-pyrrole nitrogens is 1. The van der Waals surface area contributed by atoms with Crippen LogP contribution in [0.25, 0.3) is 0 Å². The number of aromatic nitrogens is 1. The lowest BCUT2D eigenvalue weighted by molar-refractivity contribution is -0.122. The number of hydrogen-bond donors (Lipinski definition) is 3. The fraction of sp³-hybridized carbons (Fsp3) is 0.533. The molecule has 3 heterocycles. The summed E-state index contributed by atoms with van der Waals surface area (Å²) in [7, 11) is 1.40. The molecule has 1 amide bonds. The normalized spacial score (nSPS) is 24.8. The topological polar surface area (TPSA) is 129 Å². The number of nitrogens with zero attached hydrogens (tertiary/aromatic N) is 1. The van der Waals surface area contributed by atoms with Crippen LogP contribution in [-0.2, 0) is 9.53 Å². The first-order valence-electron chi connectivity index (χ1n) is 7.33. The Hall–Kier alpha value is -2.39. The number of carbonyl (C=O) groups is 2. The molecular weight excluding hydrogens is 320 g/mol. The van der Waals surface area contributed by atoms with Crippen molar-refractivity contribution in [3.8, 4) is 5.75 Å². The van der Waals surface area contributed by atoms with E-state index in [-0.39, 0.29) is 47.2 Å². The Kier molecular flexibility index (Phi) is 5.58. The van der Waals surface area contributed by atoms with E-state index in [0.29, 0.717) is 26.3 Å². The molecule has 0 spiro atoms. The maximum Gasteiger partial charge on any atom is 0.290 e. The van der Waals surface area contributed by atoms with Gasteiger partial charge in [0.2, 0.25) is 5.43 Å². The molecule has 0 radical (unpaired) electrons. The number of rotatable bonds is 3. The van der Waals surface area contributed by atoms with Gasteiger partial charge in [-0.05, 0) is 0 Å². The molecule has 9 heteroatoms. The highest BCUT2D eigenvalue weighted by Gasteiger charge is 2.51. The highest BCUT2D eigenvalue weighted by Crippen LogP contribution is 2.41. The van der Waals surface area contributed by atoms with Crippen molar-refractivity contribution in [2.24, 2.45) is 11.3 Å². The minimum atomic E-state index is -0.359. The van der Waals surface area contributed by atoms with Gasteiger partial charge < -0.3 is 29.6 Å². The number of aliphatic hydroxyl groups excluding tert-OH is 1. The van der Waals surface area contributed by atoms with Crippen LogP contribution < -0.4 is 10.2 Å². The number of hydrogen-bond acceptors (Lipinski definition) is 6. The maximum atomic E-state index is 12.5. The largest absolute Gasteiger partial charge is 0.491 e. The Balaban J connectivity index is 0.000000647. The number of pyridine rings is 1. The van der Waals surface area contributed by atoms with Crippen LogP contribution in [0.1, 0.15) is 10.5 Å². The Morgan fingerprint density at radius 1 is 1.62 bits per heavy atom. The van der Waals surface area contributed by atoms with Gasteiger partial charge in [0.25, 0.3) is 12.4 Å². The van der Waals surface area contributed by atoms with E-state index in [0.717, 1.165) is 0 Å². The van der Waals surface area contributed by atoms with Gasteiger partial charge in [0.15, 0.2) is 5.75 Å². The number of aliphatic hydroxyl groups is 1. The molecule has 1 aromatic rings. The molecule has 0 aliphatic carbocycles. The summed E-state index contributed by atoms with van der Waals surface area (Å²) in [6.45, 7) is 1.76. The zero-order valence-electron chi connectivity index (χ0n) is 13.2. The van der Waals surface area contributed by atoms with Crippen LogP contribution in [0, 0.1) is 11.3 Å². The van der Waals surface area contributed by atoms with Crippen LogP contribution in [-0.4, -0.2) is 72.5 Å². The summed E-state index contributed by atoms with van der Waals surface area (Å²) in [5.74, 6) is 0.0819. The van der Waals surface area contributed by atoms with Crippen LogP contribution in [0.4, 0.5) is 0 Å². The van der Waals surface area contributed by atoms with Crippen LogP contribution in [0.5, 0.6) is 5.75 Å². The van der Waals surface area contributed by atoms with Crippen molar-refractivity contribution in [2.75, 3.05) is 40.0 Å². The molecule has 2 atom stereocenters. The predicted octanol–water partition coefficient (Wildman–Crippen LogP) is -0.835. The number of ether oxygens (including phenoxy) is 2. The molecule has 2 saturated heterocycles. The Labute approximate surface area is 137 Å². The molecule has 0 saturated carbocycles. The quantitative estimate of drug-likeness (QED) is 0.612. The molecule has 3 N–H and O–H groups in total. The number of aromatic amines is 1. The number of nitrogens with one attached hydrogen (secondary N) is 1. The first-order valence-corrected chi connectivity index (χ1v) is 7.33. The lowest BCUT2D eigenvalue weighted by Crippen LogP contribution is -2.36. The molecule has 24 heavy (non-hydrogen) atoms. The van der Waals surface area contributed by atoms with E-state index in [1.165, 1.54) is 19.4 Å². The van der Waals surface area contributed by atoms with Crippen molar-refractivity contribution in [3.63, 3.8) is 0 Å². The second-order valence-electron chi connectivity index (χ2n) is 5.80. The van der Waals surface area contributed by atoms with Crippen molar-refractivity contribution < 1.29 is 29.3 Å². The summed E-state index contributed by atoms with van der Waals surface area (Å²) in [6, 6.07) is 1.25. The van der Waals surface area contributed by atoms with Crippen molar-refractivity contribution >= 4 is 12.4 Å². The molecule has 2 aliphatic heterocycles. The highest BCUT2D eigenvalue weighted by atomic mass is 16.5. The number of carbonyl (C=O) groups excluding carboxylic acids is 1. The lowest BCUT2D eigenvalue weighted by atomic mass is 9.82. The zero-order valence-corrected chi connectivity index (χ0v) is 13.2. The van der Waals surface area contributed by atoms with E-state index < -0.39 is 0 Å². The summed E-state index contributed by atoms with van der Waals surface area (Å²) < 4.78 is 10.3.